The molecule has 2 atom stereocenters. The van der Waals surface area contributed by atoms with Crippen LogP contribution in [0.15, 0.2) is 21.9 Å². The highest BCUT2D eigenvalue weighted by Gasteiger charge is 2.25. The minimum Gasteiger partial charge on any atom is -0.394 e. The number of nitrogens with one attached hydrogen (secondary N) is 1. The third-order valence-corrected chi connectivity index (χ3v) is 2.93. The number of methoxy groups -OCH3 is 1. The molecule has 0 aliphatic rings. The molecule has 0 amide bonds. The molecular weight excluding hydrogens is 296 g/mol. The number of aliphatic hydroxyl groups excluding tert-OH is 2. The summed E-state index contributed by atoms with van der Waals surface area (Å²) in [6.07, 6.45) is -1.12. The Labute approximate surface area is 127 Å². The lowest BCUT2D eigenvalue weighted by molar-refractivity contribution is -0.155. The van der Waals surface area contributed by atoms with Crippen LogP contribution in [-0.2, 0) is 14.2 Å². The van der Waals surface area contributed by atoms with Crippen molar-refractivity contribution in [1.29, 1.82) is 0 Å². The van der Waals surface area contributed by atoms with E-state index in [2.05, 4.69) is 4.98 Å². The van der Waals surface area contributed by atoms with Crippen LogP contribution in [0.4, 0.5) is 0 Å². The molecule has 126 valence electrons. The van der Waals surface area contributed by atoms with E-state index in [1.807, 2.05) is 0 Å². The number of nitrogens with zero attached hydrogens (tertiary/aromatic N) is 1. The summed E-state index contributed by atoms with van der Waals surface area (Å²) in [5, 5.41) is 18.3. The molecule has 0 aromatic carbocycles. The fourth-order valence-corrected chi connectivity index (χ4v) is 1.77. The van der Waals surface area contributed by atoms with Crippen molar-refractivity contribution in [3.8, 4) is 0 Å². The van der Waals surface area contributed by atoms with E-state index in [0.29, 0.717) is 6.61 Å². The summed E-state index contributed by atoms with van der Waals surface area (Å²) in [5.74, 6) is 0. The van der Waals surface area contributed by atoms with E-state index in [0.717, 1.165) is 4.57 Å². The number of H-pyrrole nitrogens is 1. The number of ether oxygens (including phenoxy) is 3. The van der Waals surface area contributed by atoms with Crippen LogP contribution in [-0.4, -0.2) is 65.5 Å². The molecule has 0 aliphatic heterocycles. The lowest BCUT2D eigenvalue weighted by atomic mass is 10.3. The van der Waals surface area contributed by atoms with Crippen molar-refractivity contribution >= 4 is 0 Å². The van der Waals surface area contributed by atoms with Gasteiger partial charge in [-0.1, -0.05) is 0 Å². The quantitative estimate of drug-likeness (QED) is 0.447. The van der Waals surface area contributed by atoms with Gasteiger partial charge in [-0.15, -0.1) is 0 Å². The third kappa shape index (κ3) is 5.35. The summed E-state index contributed by atoms with van der Waals surface area (Å²) in [7, 11) is 1.53. The fourth-order valence-electron chi connectivity index (χ4n) is 1.77. The summed E-state index contributed by atoms with van der Waals surface area (Å²) in [6.45, 7) is 1.47. The summed E-state index contributed by atoms with van der Waals surface area (Å²) in [5.41, 5.74) is -1.21. The molecule has 0 bridgehead atoms. The number of rotatable bonds is 10. The van der Waals surface area contributed by atoms with Crippen LogP contribution in [0.25, 0.3) is 0 Å². The second-order valence-electron chi connectivity index (χ2n) is 4.60. The summed E-state index contributed by atoms with van der Waals surface area (Å²) < 4.78 is 17.0. The molecule has 1 heterocycles. The zero-order valence-electron chi connectivity index (χ0n) is 12.6. The zero-order chi connectivity index (χ0) is 16.5. The highest BCUT2D eigenvalue weighted by atomic mass is 16.6. The molecule has 0 saturated heterocycles. The predicted molar refractivity (Wildman–Crippen MR) is 76.7 cm³/mol. The SMILES string of the molecule is COCCO[C@@H](C)[C@@H](OC(CO)CO)n1ccc(=O)[nH]c1=O. The van der Waals surface area contributed by atoms with Gasteiger partial charge in [0.25, 0.3) is 5.56 Å². The molecule has 1 aromatic rings. The zero-order valence-corrected chi connectivity index (χ0v) is 12.6. The molecule has 0 unspecified atom stereocenters. The van der Waals surface area contributed by atoms with Gasteiger partial charge in [-0.2, -0.15) is 0 Å². The summed E-state index contributed by atoms with van der Waals surface area (Å²) in [4.78, 5) is 25.2. The van der Waals surface area contributed by atoms with E-state index in [9.17, 15) is 9.59 Å². The van der Waals surface area contributed by atoms with E-state index in [4.69, 9.17) is 24.4 Å². The molecule has 1 aromatic heterocycles. The van der Waals surface area contributed by atoms with Gasteiger partial charge in [0.1, 0.15) is 12.2 Å². The molecule has 0 spiro atoms. The molecule has 1 rings (SSSR count). The van der Waals surface area contributed by atoms with Crippen LogP contribution in [0.1, 0.15) is 13.2 Å². The Hall–Kier alpha value is -1.52. The number of aromatic nitrogens is 2. The predicted octanol–water partition coefficient (Wildman–Crippen LogP) is -1.54. The Morgan fingerprint density at radius 2 is 1.95 bits per heavy atom. The lowest BCUT2D eigenvalue weighted by Crippen LogP contribution is -2.41. The van der Waals surface area contributed by atoms with Crippen LogP contribution in [0, 0.1) is 0 Å². The molecule has 0 aliphatic carbocycles. The minimum absolute atomic E-state index is 0.276. The first kappa shape index (κ1) is 18.5. The highest BCUT2D eigenvalue weighted by Crippen LogP contribution is 2.16. The third-order valence-electron chi connectivity index (χ3n) is 2.93. The Morgan fingerprint density at radius 3 is 2.50 bits per heavy atom. The van der Waals surface area contributed by atoms with Crippen molar-refractivity contribution in [2.45, 2.75) is 25.4 Å². The van der Waals surface area contributed by atoms with Crippen molar-refractivity contribution < 1.29 is 24.4 Å². The van der Waals surface area contributed by atoms with Crippen LogP contribution < -0.4 is 11.2 Å². The smallest absolute Gasteiger partial charge is 0.330 e. The maximum Gasteiger partial charge on any atom is 0.330 e. The first-order chi connectivity index (χ1) is 10.5. The first-order valence-electron chi connectivity index (χ1n) is 6.82. The standard InChI is InChI=1S/C13H22N2O7/c1-9(21-6-5-20-2)12(22-10(7-16)8-17)15-4-3-11(18)14-13(15)19/h3-4,9-10,12,16-17H,5-8H2,1-2H3,(H,14,18,19)/t9-,12+/m0/s1. The molecule has 9 nitrogen and oxygen atoms in total. The molecule has 0 saturated carbocycles. The van der Waals surface area contributed by atoms with Gasteiger partial charge in [0.15, 0.2) is 6.23 Å². The Balaban J connectivity index is 2.98. The van der Waals surface area contributed by atoms with E-state index in [1.165, 1.54) is 19.4 Å². The van der Waals surface area contributed by atoms with Crippen LogP contribution in [0.3, 0.4) is 0 Å². The van der Waals surface area contributed by atoms with Crippen molar-refractivity contribution in [2.75, 3.05) is 33.5 Å². The molecule has 0 fully saturated rings. The maximum absolute atomic E-state index is 11.9. The van der Waals surface area contributed by atoms with Crippen LogP contribution >= 0.6 is 0 Å². The van der Waals surface area contributed by atoms with Crippen molar-refractivity contribution in [3.05, 3.63) is 33.1 Å². The van der Waals surface area contributed by atoms with Crippen LogP contribution in [0.5, 0.6) is 0 Å². The lowest BCUT2D eigenvalue weighted by Gasteiger charge is -2.28. The highest BCUT2D eigenvalue weighted by molar-refractivity contribution is 4.85. The van der Waals surface area contributed by atoms with E-state index in [-0.39, 0.29) is 6.61 Å². The number of aliphatic hydroxyl groups is 2. The van der Waals surface area contributed by atoms with Gasteiger partial charge in [0, 0.05) is 19.4 Å². The van der Waals surface area contributed by atoms with Crippen molar-refractivity contribution in [3.63, 3.8) is 0 Å². The van der Waals surface area contributed by atoms with Gasteiger partial charge in [0.2, 0.25) is 0 Å². The van der Waals surface area contributed by atoms with Gasteiger partial charge in [-0.3, -0.25) is 14.3 Å². The molecule has 22 heavy (non-hydrogen) atoms. The van der Waals surface area contributed by atoms with E-state index < -0.39 is 42.9 Å². The normalized spacial score (nSPS) is 14.2. The van der Waals surface area contributed by atoms with Crippen molar-refractivity contribution in [2.24, 2.45) is 0 Å². The second-order valence-corrected chi connectivity index (χ2v) is 4.60. The average Bonchev–Trinajstić information content (AvgIpc) is 2.50. The van der Waals surface area contributed by atoms with E-state index >= 15 is 0 Å². The van der Waals surface area contributed by atoms with Crippen molar-refractivity contribution in [1.82, 2.24) is 9.55 Å². The molecule has 3 N–H and O–H groups in total. The average molecular weight is 318 g/mol. The van der Waals surface area contributed by atoms with Crippen LogP contribution in [0.2, 0.25) is 0 Å². The molecule has 9 heteroatoms. The monoisotopic (exact) mass is 318 g/mol. The topological polar surface area (TPSA) is 123 Å². The van der Waals surface area contributed by atoms with Gasteiger partial charge in [-0.05, 0) is 6.92 Å². The number of hydrogen-bond donors (Lipinski definition) is 3. The summed E-state index contributed by atoms with van der Waals surface area (Å²) >= 11 is 0. The fraction of sp³-hybridized carbons (Fsp3) is 0.692. The Bertz CT molecular complexity index is 538. The largest absolute Gasteiger partial charge is 0.394 e. The van der Waals surface area contributed by atoms with Gasteiger partial charge >= 0.3 is 5.69 Å². The second kappa shape index (κ2) is 9.49. The number of hydrogen-bond acceptors (Lipinski definition) is 7. The minimum atomic E-state index is -0.925. The summed E-state index contributed by atoms with van der Waals surface area (Å²) in [6, 6.07) is 1.17. The Morgan fingerprint density at radius 1 is 1.27 bits per heavy atom. The van der Waals surface area contributed by atoms with E-state index in [1.54, 1.807) is 6.92 Å². The van der Waals surface area contributed by atoms with Gasteiger partial charge < -0.3 is 24.4 Å². The first-order valence-corrected chi connectivity index (χ1v) is 6.82. The Kier molecular flexibility index (Phi) is 7.99. The molecular formula is C13H22N2O7. The maximum atomic E-state index is 11.9. The number of aromatic amines is 1. The van der Waals surface area contributed by atoms with Gasteiger partial charge in [-0.25, -0.2) is 4.79 Å². The van der Waals surface area contributed by atoms with Gasteiger partial charge in [0.05, 0.1) is 26.4 Å². The molecule has 0 radical (unpaired) electrons.